The highest BCUT2D eigenvalue weighted by Crippen LogP contribution is 2.23. The second-order valence-corrected chi connectivity index (χ2v) is 4.89. The summed E-state index contributed by atoms with van der Waals surface area (Å²) in [7, 11) is 0. The van der Waals surface area contributed by atoms with E-state index in [1.165, 1.54) is 10.7 Å². The van der Waals surface area contributed by atoms with Gasteiger partial charge in [0.15, 0.2) is 0 Å². The maximum Gasteiger partial charge on any atom is 0.0934 e. The first kappa shape index (κ1) is 13.4. The fourth-order valence-corrected chi connectivity index (χ4v) is 2.18. The summed E-state index contributed by atoms with van der Waals surface area (Å²) in [6.07, 6.45) is 0. The number of hydrogen-bond acceptors (Lipinski definition) is 3. The molecule has 0 unspecified atom stereocenters. The number of benzene rings is 2. The molecule has 2 aromatic carbocycles. The van der Waals surface area contributed by atoms with Gasteiger partial charge in [0.1, 0.15) is 0 Å². The van der Waals surface area contributed by atoms with Crippen molar-refractivity contribution in [3.63, 3.8) is 0 Å². The molecule has 0 aliphatic carbocycles. The third-order valence-corrected chi connectivity index (χ3v) is 3.31. The summed E-state index contributed by atoms with van der Waals surface area (Å²) in [6.45, 7) is 0. The van der Waals surface area contributed by atoms with Gasteiger partial charge >= 0.3 is 0 Å². The van der Waals surface area contributed by atoms with E-state index in [1.54, 1.807) is 36.4 Å². The van der Waals surface area contributed by atoms with Gasteiger partial charge in [-0.3, -0.25) is 0 Å². The van der Waals surface area contributed by atoms with E-state index in [2.05, 4.69) is 5.10 Å². The highest BCUT2D eigenvalue weighted by molar-refractivity contribution is 6.30. The summed E-state index contributed by atoms with van der Waals surface area (Å²) in [5, 5.41) is 16.3. The second kappa shape index (κ2) is 5.42. The zero-order chi connectivity index (χ0) is 14.8. The van der Waals surface area contributed by atoms with Crippen LogP contribution in [0.4, 0.5) is 0 Å². The predicted molar refractivity (Wildman–Crippen MR) is 78.3 cm³/mol. The molecule has 3 aromatic rings. The average Bonchev–Trinajstić information content (AvgIpc) is 2.94. The molecule has 3 rings (SSSR count). The molecule has 0 aliphatic heterocycles. The van der Waals surface area contributed by atoms with E-state index in [9.17, 15) is 9.90 Å². The third-order valence-electron chi connectivity index (χ3n) is 3.06. The van der Waals surface area contributed by atoms with E-state index in [-0.39, 0.29) is 5.69 Å². The first-order chi connectivity index (χ1) is 10.1. The molecule has 21 heavy (non-hydrogen) atoms. The molecule has 1 heterocycles. The van der Waals surface area contributed by atoms with E-state index < -0.39 is 5.97 Å². The van der Waals surface area contributed by atoms with Gasteiger partial charge in [-0.05, 0) is 30.3 Å². The predicted octanol–water partition coefficient (Wildman–Crippen LogP) is 2.56. The van der Waals surface area contributed by atoms with Crippen LogP contribution in [0.5, 0.6) is 0 Å². The van der Waals surface area contributed by atoms with Crippen molar-refractivity contribution in [3.8, 4) is 16.9 Å². The number of aromatic carboxylic acids is 1. The van der Waals surface area contributed by atoms with Gasteiger partial charge in [-0.15, -0.1) is 0 Å². The Balaban J connectivity index is 2.13. The molecule has 104 valence electrons. The molecular weight excluding hydrogens is 288 g/mol. The molecule has 0 aliphatic rings. The molecule has 0 saturated carbocycles. The van der Waals surface area contributed by atoms with Crippen LogP contribution in [-0.4, -0.2) is 15.7 Å². The van der Waals surface area contributed by atoms with Crippen molar-refractivity contribution in [2.45, 2.75) is 0 Å². The van der Waals surface area contributed by atoms with Crippen molar-refractivity contribution in [2.75, 3.05) is 0 Å². The van der Waals surface area contributed by atoms with Gasteiger partial charge in [0.05, 0.1) is 23.0 Å². The standard InChI is InChI=1S/C16H11ClN2O2/c17-12-8-6-11(7-9-12)14-10-15(16(20)21)19(18-14)13-4-2-1-3-5-13/h1-10H,(H,20,21)/p-1. The van der Waals surface area contributed by atoms with Crippen molar-refractivity contribution < 1.29 is 9.90 Å². The Morgan fingerprint density at radius 1 is 1.05 bits per heavy atom. The first-order valence-corrected chi connectivity index (χ1v) is 6.66. The SMILES string of the molecule is O=C([O-])c1cc(-c2ccc(Cl)cc2)nn1-c1ccccc1. The normalized spacial score (nSPS) is 10.5. The minimum Gasteiger partial charge on any atom is -0.543 e. The topological polar surface area (TPSA) is 57.9 Å². The molecule has 0 saturated heterocycles. The second-order valence-electron chi connectivity index (χ2n) is 4.46. The van der Waals surface area contributed by atoms with Gasteiger partial charge < -0.3 is 9.90 Å². The molecule has 1 aromatic heterocycles. The van der Waals surface area contributed by atoms with Gasteiger partial charge in [0.25, 0.3) is 0 Å². The summed E-state index contributed by atoms with van der Waals surface area (Å²) in [5.41, 5.74) is 2.01. The Labute approximate surface area is 126 Å². The molecule has 0 bridgehead atoms. The van der Waals surface area contributed by atoms with Crippen molar-refractivity contribution >= 4 is 17.6 Å². The van der Waals surface area contributed by atoms with Gasteiger partial charge in [0, 0.05) is 10.6 Å². The van der Waals surface area contributed by atoms with E-state index >= 15 is 0 Å². The van der Waals surface area contributed by atoms with Crippen LogP contribution < -0.4 is 5.11 Å². The minimum absolute atomic E-state index is 0.00569. The molecule has 0 atom stereocenters. The number of para-hydroxylation sites is 1. The Morgan fingerprint density at radius 3 is 2.33 bits per heavy atom. The number of hydrogen-bond donors (Lipinski definition) is 0. The lowest BCUT2D eigenvalue weighted by Gasteiger charge is -2.07. The van der Waals surface area contributed by atoms with Crippen LogP contribution >= 0.6 is 11.6 Å². The molecular formula is C16H10ClN2O2-. The van der Waals surface area contributed by atoms with Crippen molar-refractivity contribution in [3.05, 3.63) is 71.4 Å². The molecule has 0 radical (unpaired) electrons. The summed E-state index contributed by atoms with van der Waals surface area (Å²) < 4.78 is 1.36. The number of rotatable bonds is 3. The summed E-state index contributed by atoms with van der Waals surface area (Å²) >= 11 is 5.85. The smallest absolute Gasteiger partial charge is 0.0934 e. The highest BCUT2D eigenvalue weighted by atomic mass is 35.5. The van der Waals surface area contributed by atoms with Crippen LogP contribution in [0.2, 0.25) is 5.02 Å². The quantitative estimate of drug-likeness (QED) is 0.746. The Kier molecular flexibility index (Phi) is 3.46. The molecule has 0 fully saturated rings. The van der Waals surface area contributed by atoms with Gasteiger partial charge in [-0.2, -0.15) is 5.10 Å². The zero-order valence-electron chi connectivity index (χ0n) is 10.9. The molecule has 5 heteroatoms. The number of carbonyl (C=O) groups excluding carboxylic acids is 1. The maximum absolute atomic E-state index is 11.3. The lowest BCUT2D eigenvalue weighted by Crippen LogP contribution is -2.25. The van der Waals surface area contributed by atoms with Crippen LogP contribution in [0, 0.1) is 0 Å². The van der Waals surface area contributed by atoms with E-state index in [0.717, 1.165) is 5.56 Å². The lowest BCUT2D eigenvalue weighted by atomic mass is 10.1. The third kappa shape index (κ3) is 2.66. The van der Waals surface area contributed by atoms with Crippen LogP contribution in [-0.2, 0) is 0 Å². The van der Waals surface area contributed by atoms with Crippen LogP contribution in [0.1, 0.15) is 10.5 Å². The monoisotopic (exact) mass is 297 g/mol. The van der Waals surface area contributed by atoms with Gasteiger partial charge in [0.2, 0.25) is 0 Å². The number of nitrogens with zero attached hydrogens (tertiary/aromatic N) is 2. The Hall–Kier alpha value is -2.59. The molecule has 4 nitrogen and oxygen atoms in total. The van der Waals surface area contributed by atoms with E-state index in [4.69, 9.17) is 11.6 Å². The van der Waals surface area contributed by atoms with E-state index in [0.29, 0.717) is 16.4 Å². The van der Waals surface area contributed by atoms with Gasteiger partial charge in [-0.1, -0.05) is 41.9 Å². The fourth-order valence-electron chi connectivity index (χ4n) is 2.05. The highest BCUT2D eigenvalue weighted by Gasteiger charge is 2.11. The summed E-state index contributed by atoms with van der Waals surface area (Å²) in [6, 6.07) is 17.6. The van der Waals surface area contributed by atoms with E-state index in [1.807, 2.05) is 18.2 Å². The zero-order valence-corrected chi connectivity index (χ0v) is 11.6. The van der Waals surface area contributed by atoms with Crippen LogP contribution in [0.15, 0.2) is 60.7 Å². The summed E-state index contributed by atoms with van der Waals surface area (Å²) in [4.78, 5) is 11.3. The maximum atomic E-state index is 11.3. The number of carboxylic acid groups (broad SMARTS) is 1. The Morgan fingerprint density at radius 2 is 1.71 bits per heavy atom. The number of carboxylic acids is 1. The largest absolute Gasteiger partial charge is 0.543 e. The first-order valence-electron chi connectivity index (χ1n) is 6.28. The number of aromatic nitrogens is 2. The summed E-state index contributed by atoms with van der Waals surface area (Å²) in [5.74, 6) is -1.27. The van der Waals surface area contributed by atoms with Crippen LogP contribution in [0.3, 0.4) is 0 Å². The Bertz CT molecular complexity index is 780. The molecule has 0 N–H and O–H groups in total. The lowest BCUT2D eigenvalue weighted by molar-refractivity contribution is -0.255. The van der Waals surface area contributed by atoms with Crippen molar-refractivity contribution in [2.24, 2.45) is 0 Å². The molecule has 0 spiro atoms. The average molecular weight is 298 g/mol. The fraction of sp³-hybridized carbons (Fsp3) is 0. The molecule has 0 amide bonds. The van der Waals surface area contributed by atoms with Crippen LogP contribution in [0.25, 0.3) is 16.9 Å². The van der Waals surface area contributed by atoms with Crippen molar-refractivity contribution in [1.82, 2.24) is 9.78 Å². The van der Waals surface area contributed by atoms with Crippen molar-refractivity contribution in [1.29, 1.82) is 0 Å². The van der Waals surface area contributed by atoms with Gasteiger partial charge in [-0.25, -0.2) is 4.68 Å². The number of halogens is 1. The minimum atomic E-state index is -1.27. The number of carbonyl (C=O) groups is 1.